The first-order valence-electron chi connectivity index (χ1n) is 4.91. The molecule has 0 saturated carbocycles. The molecule has 5 nitrogen and oxygen atoms in total. The average molecular weight is 265 g/mol. The number of H-pyrrole nitrogens is 1. The predicted molar refractivity (Wildman–Crippen MR) is 54.4 cm³/mol. The molecule has 18 heavy (non-hydrogen) atoms. The second-order valence-corrected chi connectivity index (χ2v) is 3.27. The molecule has 1 aromatic rings. The van der Waals surface area contributed by atoms with Gasteiger partial charge >= 0.3 is 12.3 Å². The zero-order valence-corrected chi connectivity index (χ0v) is 9.55. The number of nitrogens with one attached hydrogen (secondary N) is 1. The van der Waals surface area contributed by atoms with Crippen LogP contribution in [0.1, 0.15) is 23.0 Å². The molecular formula is C10H10F3NO4. The smallest absolute Gasteiger partial charge is 0.461 e. The number of pyridine rings is 1. The minimum absolute atomic E-state index is 0.0319. The Hall–Kier alpha value is -1.99. The van der Waals surface area contributed by atoms with Crippen molar-refractivity contribution in [2.75, 3.05) is 6.61 Å². The van der Waals surface area contributed by atoms with E-state index in [9.17, 15) is 22.8 Å². The van der Waals surface area contributed by atoms with Gasteiger partial charge in [0.05, 0.1) is 12.2 Å². The molecule has 1 N–H and O–H groups in total. The lowest BCUT2D eigenvalue weighted by atomic mass is 10.2. The number of esters is 1. The van der Waals surface area contributed by atoms with Crippen molar-refractivity contribution >= 4 is 5.97 Å². The van der Waals surface area contributed by atoms with Crippen LogP contribution in [0.3, 0.4) is 0 Å². The van der Waals surface area contributed by atoms with E-state index in [0.29, 0.717) is 0 Å². The summed E-state index contributed by atoms with van der Waals surface area (Å²) in [6.07, 6.45) is -4.96. The average Bonchev–Trinajstić information content (AvgIpc) is 2.22. The van der Waals surface area contributed by atoms with Crippen molar-refractivity contribution in [1.29, 1.82) is 0 Å². The van der Waals surface area contributed by atoms with Crippen LogP contribution in [-0.2, 0) is 4.74 Å². The molecule has 0 atom stereocenters. The first kappa shape index (κ1) is 14.1. The Kier molecular flexibility index (Phi) is 4.00. The summed E-state index contributed by atoms with van der Waals surface area (Å²) in [5.41, 5.74) is -1.43. The Morgan fingerprint density at radius 1 is 1.44 bits per heavy atom. The maximum atomic E-state index is 12.1. The summed E-state index contributed by atoms with van der Waals surface area (Å²) in [7, 11) is 0. The van der Waals surface area contributed by atoms with Crippen LogP contribution in [0, 0.1) is 6.92 Å². The quantitative estimate of drug-likeness (QED) is 0.845. The van der Waals surface area contributed by atoms with E-state index in [4.69, 9.17) is 0 Å². The molecule has 0 aliphatic rings. The van der Waals surface area contributed by atoms with Gasteiger partial charge in [0.25, 0.3) is 0 Å². The number of aromatic nitrogens is 1. The van der Waals surface area contributed by atoms with Crippen molar-refractivity contribution < 1.29 is 27.4 Å². The van der Waals surface area contributed by atoms with Crippen LogP contribution < -0.4 is 10.2 Å². The lowest BCUT2D eigenvalue weighted by Crippen LogP contribution is -2.23. The van der Waals surface area contributed by atoms with Crippen LogP contribution in [-0.4, -0.2) is 23.9 Å². The van der Waals surface area contributed by atoms with Gasteiger partial charge in [-0.25, -0.2) is 4.79 Å². The summed E-state index contributed by atoms with van der Waals surface area (Å²) in [5.74, 6) is -1.75. The number of rotatable bonds is 3. The van der Waals surface area contributed by atoms with Gasteiger partial charge in [-0.2, -0.15) is 0 Å². The highest BCUT2D eigenvalue weighted by molar-refractivity contribution is 5.87. The summed E-state index contributed by atoms with van der Waals surface area (Å²) < 4.78 is 44.4. The second kappa shape index (κ2) is 5.11. The molecule has 0 aromatic carbocycles. The highest BCUT2D eigenvalue weighted by atomic mass is 19.4. The first-order valence-corrected chi connectivity index (χ1v) is 4.91. The summed E-state index contributed by atoms with van der Waals surface area (Å²) in [5, 5.41) is 0. The first-order chi connectivity index (χ1) is 8.24. The molecule has 1 rings (SSSR count). The van der Waals surface area contributed by atoms with Gasteiger partial charge in [0, 0.05) is 6.07 Å². The van der Waals surface area contributed by atoms with E-state index in [0.717, 1.165) is 13.0 Å². The molecular weight excluding hydrogens is 255 g/mol. The maximum absolute atomic E-state index is 12.1. The Labute approximate surface area is 99.5 Å². The van der Waals surface area contributed by atoms with Gasteiger partial charge in [0.2, 0.25) is 5.88 Å². The van der Waals surface area contributed by atoms with Crippen LogP contribution in [0.4, 0.5) is 13.2 Å². The summed E-state index contributed by atoms with van der Waals surface area (Å²) in [4.78, 5) is 24.8. The number of alkyl halides is 3. The summed E-state index contributed by atoms with van der Waals surface area (Å²) in [6.45, 7) is 2.70. The van der Waals surface area contributed by atoms with Crippen molar-refractivity contribution in [3.63, 3.8) is 0 Å². The third-order valence-corrected chi connectivity index (χ3v) is 1.95. The van der Waals surface area contributed by atoms with E-state index >= 15 is 0 Å². The molecule has 0 unspecified atom stereocenters. The van der Waals surface area contributed by atoms with Crippen molar-refractivity contribution in [1.82, 2.24) is 4.98 Å². The SMILES string of the molecule is CCOC(=O)c1cc(=O)c(C)c(OC(F)(F)F)[nH]1. The molecule has 0 saturated heterocycles. The van der Waals surface area contributed by atoms with Crippen molar-refractivity contribution in [3.05, 3.63) is 27.5 Å². The minimum Gasteiger partial charge on any atom is -0.461 e. The normalized spacial score (nSPS) is 11.2. The Morgan fingerprint density at radius 2 is 2.06 bits per heavy atom. The third-order valence-electron chi connectivity index (χ3n) is 1.95. The zero-order chi connectivity index (χ0) is 13.9. The van der Waals surface area contributed by atoms with Crippen LogP contribution >= 0.6 is 0 Å². The highest BCUT2D eigenvalue weighted by Gasteiger charge is 2.33. The predicted octanol–water partition coefficient (Wildman–Crippen LogP) is 1.76. The van der Waals surface area contributed by atoms with Gasteiger partial charge in [-0.15, -0.1) is 13.2 Å². The van der Waals surface area contributed by atoms with Gasteiger partial charge in [-0.1, -0.05) is 0 Å². The van der Waals surface area contributed by atoms with Gasteiger partial charge in [-0.05, 0) is 13.8 Å². The highest BCUT2D eigenvalue weighted by Crippen LogP contribution is 2.22. The Morgan fingerprint density at radius 3 is 2.56 bits per heavy atom. The molecule has 100 valence electrons. The number of carbonyl (C=O) groups excluding carboxylic acids is 1. The molecule has 0 aliphatic carbocycles. The van der Waals surface area contributed by atoms with Gasteiger partial charge < -0.3 is 14.5 Å². The van der Waals surface area contributed by atoms with Gasteiger partial charge in [0.1, 0.15) is 5.69 Å². The van der Waals surface area contributed by atoms with E-state index < -0.39 is 29.3 Å². The van der Waals surface area contributed by atoms with E-state index in [2.05, 4.69) is 14.5 Å². The topological polar surface area (TPSA) is 68.4 Å². The molecule has 1 aromatic heterocycles. The molecule has 0 spiro atoms. The fourth-order valence-corrected chi connectivity index (χ4v) is 1.14. The Balaban J connectivity index is 3.19. The van der Waals surface area contributed by atoms with Crippen LogP contribution in [0.25, 0.3) is 0 Å². The van der Waals surface area contributed by atoms with Crippen molar-refractivity contribution in [2.45, 2.75) is 20.2 Å². The van der Waals surface area contributed by atoms with E-state index in [-0.39, 0.29) is 12.2 Å². The zero-order valence-electron chi connectivity index (χ0n) is 9.55. The van der Waals surface area contributed by atoms with Crippen LogP contribution in [0.2, 0.25) is 0 Å². The fourth-order valence-electron chi connectivity index (χ4n) is 1.14. The number of carbonyl (C=O) groups is 1. The number of ether oxygens (including phenoxy) is 2. The van der Waals surface area contributed by atoms with E-state index in [1.807, 2.05) is 0 Å². The Bertz CT molecular complexity index is 507. The lowest BCUT2D eigenvalue weighted by molar-refractivity contribution is -0.276. The van der Waals surface area contributed by atoms with Crippen molar-refractivity contribution in [2.24, 2.45) is 0 Å². The monoisotopic (exact) mass is 265 g/mol. The molecule has 0 bridgehead atoms. The molecule has 8 heteroatoms. The molecule has 0 fully saturated rings. The lowest BCUT2D eigenvalue weighted by Gasteiger charge is -2.12. The minimum atomic E-state index is -4.96. The molecule has 0 aliphatic heterocycles. The molecule has 0 radical (unpaired) electrons. The fraction of sp³-hybridized carbons (Fsp3) is 0.400. The molecule has 1 heterocycles. The van der Waals surface area contributed by atoms with Gasteiger partial charge in [0.15, 0.2) is 5.43 Å². The number of hydrogen-bond donors (Lipinski definition) is 1. The molecule has 0 amide bonds. The van der Waals surface area contributed by atoms with E-state index in [1.54, 1.807) is 0 Å². The van der Waals surface area contributed by atoms with Crippen molar-refractivity contribution in [3.8, 4) is 5.88 Å². The summed E-state index contributed by atoms with van der Waals surface area (Å²) >= 11 is 0. The maximum Gasteiger partial charge on any atom is 0.574 e. The largest absolute Gasteiger partial charge is 0.574 e. The van der Waals surface area contributed by atoms with Gasteiger partial charge in [-0.3, -0.25) is 4.79 Å². The van der Waals surface area contributed by atoms with Crippen LogP contribution in [0.15, 0.2) is 10.9 Å². The second-order valence-electron chi connectivity index (χ2n) is 3.27. The number of hydrogen-bond acceptors (Lipinski definition) is 4. The van der Waals surface area contributed by atoms with Crippen LogP contribution in [0.5, 0.6) is 5.88 Å². The summed E-state index contributed by atoms with van der Waals surface area (Å²) in [6, 6.07) is 0.858. The number of aromatic amines is 1. The third kappa shape index (κ3) is 3.51. The number of halogens is 3. The standard InChI is InChI=1S/C10H10F3NO4/c1-3-17-9(16)6-4-7(15)5(2)8(14-6)18-10(11,12)13/h4H,3H2,1-2H3,(H,14,15). The van der Waals surface area contributed by atoms with E-state index in [1.165, 1.54) is 6.92 Å².